The van der Waals surface area contributed by atoms with Gasteiger partial charge in [0.2, 0.25) is 0 Å². The van der Waals surface area contributed by atoms with E-state index in [4.69, 9.17) is 4.42 Å². The largest absolute Gasteiger partial charge is 0.455 e. The van der Waals surface area contributed by atoms with Crippen molar-refractivity contribution in [3.8, 4) is 57.1 Å². The lowest BCUT2D eigenvalue weighted by Crippen LogP contribution is -2.16. The summed E-state index contributed by atoms with van der Waals surface area (Å²) in [6.07, 6.45) is 0. The highest BCUT2D eigenvalue weighted by atomic mass is 32.1. The van der Waals surface area contributed by atoms with Crippen LogP contribution in [0.2, 0.25) is 0 Å². The van der Waals surface area contributed by atoms with E-state index in [2.05, 4.69) is 285 Å². The van der Waals surface area contributed by atoms with Crippen molar-refractivity contribution in [2.75, 3.05) is 0 Å². The smallest absolute Gasteiger partial charge is 0.143 e. The van der Waals surface area contributed by atoms with E-state index in [-0.39, 0.29) is 0 Å². The molecule has 0 N–H and O–H groups in total. The first-order chi connectivity index (χ1) is 43.6. The van der Waals surface area contributed by atoms with Gasteiger partial charge >= 0.3 is 0 Å². The van der Waals surface area contributed by atoms with Crippen molar-refractivity contribution >= 4 is 141 Å². The van der Waals surface area contributed by atoms with Crippen LogP contribution >= 0.6 is 11.3 Å². The minimum absolute atomic E-state index is 0.401. The zero-order valence-corrected chi connectivity index (χ0v) is 47.7. The second-order valence-corrected chi connectivity index (χ2v) is 23.9. The van der Waals surface area contributed by atoms with E-state index in [1.807, 2.05) is 12.1 Å². The lowest BCUT2D eigenvalue weighted by atomic mass is 9.93. The third-order valence-electron chi connectivity index (χ3n) is 18.5. The standard InChI is InChI=1S/C80H44N6OS/c81-45-63-74(83-65-32-11-3-22-50(65)51-23-4-12-33-66(51)83)75(84-67-34-13-5-24-52(67)53-25-6-14-35-68(53)84)64(46-82)77(76(63)85-69-36-15-7-26-54(69)55-27-8-16-37-70(55)85)86-71-44-47(40-41-56(71)59-42-43-62-58-29-10-18-39-73(58)88-80(62)78(59)86)48-20-1-2-21-49(48)60-30-19-31-61-57-28-9-17-38-72(57)87-79(60)61/h1-44H. The van der Waals surface area contributed by atoms with Gasteiger partial charge in [0, 0.05) is 74.9 Å². The maximum absolute atomic E-state index is 13.1. The Labute approximate surface area is 506 Å². The molecular formula is C80H44N6OS. The van der Waals surface area contributed by atoms with Crippen molar-refractivity contribution in [2.45, 2.75) is 0 Å². The lowest BCUT2D eigenvalue weighted by Gasteiger charge is -2.27. The Morgan fingerprint density at radius 1 is 0.295 bits per heavy atom. The summed E-state index contributed by atoms with van der Waals surface area (Å²) in [5.74, 6) is 0. The third kappa shape index (κ3) is 6.48. The number of benzene rings is 13. The molecule has 0 fully saturated rings. The van der Waals surface area contributed by atoms with E-state index in [1.54, 1.807) is 11.3 Å². The highest BCUT2D eigenvalue weighted by Crippen LogP contribution is 2.52. The second-order valence-electron chi connectivity index (χ2n) is 22.8. The van der Waals surface area contributed by atoms with Gasteiger partial charge in [-0.25, -0.2) is 0 Å². The molecule has 0 saturated carbocycles. The number of aromatic nitrogens is 4. The molecule has 406 valence electrons. The van der Waals surface area contributed by atoms with Gasteiger partial charge < -0.3 is 22.7 Å². The fourth-order valence-corrected chi connectivity index (χ4v) is 16.1. The van der Waals surface area contributed by atoms with Crippen LogP contribution < -0.4 is 0 Å². The summed E-state index contributed by atoms with van der Waals surface area (Å²) in [5.41, 5.74) is 16.2. The van der Waals surface area contributed by atoms with E-state index in [9.17, 15) is 10.5 Å². The SMILES string of the molecule is N#Cc1c(-n2c3ccccc3c3ccccc32)c(-n2c3ccccc3c3ccccc32)c(C#N)c(-n2c3cc(-c4ccccc4-c4cccc5c4oc4ccccc45)ccc3c3ccc4c5ccccc5sc4c32)c1-n1c2ccccc2c2ccccc21. The first-order valence-electron chi connectivity index (χ1n) is 29.5. The summed E-state index contributed by atoms with van der Waals surface area (Å²) in [6, 6.07) is 100. The molecule has 0 atom stereocenters. The monoisotopic (exact) mass is 1140 g/mol. The van der Waals surface area contributed by atoms with Crippen LogP contribution in [-0.2, 0) is 0 Å². The minimum atomic E-state index is 0.401. The van der Waals surface area contributed by atoms with E-state index >= 15 is 0 Å². The predicted octanol–water partition coefficient (Wildman–Crippen LogP) is 21.4. The number of thiophene rings is 1. The van der Waals surface area contributed by atoms with Crippen LogP contribution in [0, 0.1) is 22.7 Å². The first kappa shape index (κ1) is 48.4. The summed E-state index contributed by atoms with van der Waals surface area (Å²) in [7, 11) is 0. The molecule has 0 aliphatic carbocycles. The van der Waals surface area contributed by atoms with Crippen molar-refractivity contribution in [1.29, 1.82) is 10.5 Å². The van der Waals surface area contributed by atoms with Gasteiger partial charge in [-0.3, -0.25) is 0 Å². The molecule has 88 heavy (non-hydrogen) atoms. The zero-order valence-electron chi connectivity index (χ0n) is 46.9. The first-order valence-corrected chi connectivity index (χ1v) is 30.4. The molecular weight excluding hydrogens is 1090 g/mol. The van der Waals surface area contributed by atoms with Gasteiger partial charge in [0.05, 0.1) is 71.6 Å². The van der Waals surface area contributed by atoms with Crippen LogP contribution in [0.1, 0.15) is 11.1 Å². The number of hydrogen-bond acceptors (Lipinski definition) is 4. The second kappa shape index (κ2) is 18.3. The Hall–Kier alpha value is -11.9. The molecule has 0 aliphatic rings. The average molecular weight is 1140 g/mol. The van der Waals surface area contributed by atoms with Crippen LogP contribution in [-0.4, -0.2) is 18.3 Å². The Bertz CT molecular complexity index is 6200. The maximum Gasteiger partial charge on any atom is 0.143 e. The molecule has 19 aromatic rings. The van der Waals surface area contributed by atoms with Crippen LogP contribution in [0.3, 0.4) is 0 Å². The highest BCUT2D eigenvalue weighted by molar-refractivity contribution is 7.26. The molecule has 0 aliphatic heterocycles. The molecule has 8 heteroatoms. The molecule has 6 heterocycles. The van der Waals surface area contributed by atoms with E-state index in [1.165, 1.54) is 0 Å². The summed E-state index contributed by atoms with van der Waals surface area (Å²) >= 11 is 1.76. The topological polar surface area (TPSA) is 80.4 Å². The van der Waals surface area contributed by atoms with Gasteiger partial charge in [0.1, 0.15) is 34.4 Å². The van der Waals surface area contributed by atoms with Crippen molar-refractivity contribution in [1.82, 2.24) is 18.3 Å². The third-order valence-corrected chi connectivity index (χ3v) is 19.7. The van der Waals surface area contributed by atoms with E-state index < -0.39 is 0 Å². The molecule has 7 nitrogen and oxygen atoms in total. The number of fused-ring (bicyclic) bond motifs is 19. The molecule has 0 radical (unpaired) electrons. The lowest BCUT2D eigenvalue weighted by molar-refractivity contribution is 0.670. The zero-order chi connectivity index (χ0) is 57.9. The molecule has 0 amide bonds. The van der Waals surface area contributed by atoms with Crippen molar-refractivity contribution in [3.63, 3.8) is 0 Å². The van der Waals surface area contributed by atoms with E-state index in [0.717, 1.165) is 152 Å². The number of rotatable bonds is 6. The van der Waals surface area contributed by atoms with Gasteiger partial charge in [-0.05, 0) is 71.3 Å². The maximum atomic E-state index is 13.1. The van der Waals surface area contributed by atoms with Crippen molar-refractivity contribution in [3.05, 3.63) is 278 Å². The minimum Gasteiger partial charge on any atom is -0.455 e. The number of nitriles is 2. The van der Waals surface area contributed by atoms with Gasteiger partial charge in [-0.2, -0.15) is 10.5 Å². The molecule has 0 bridgehead atoms. The number of para-hydroxylation sites is 8. The Morgan fingerprint density at radius 2 is 0.682 bits per heavy atom. The molecule has 0 spiro atoms. The molecule has 19 rings (SSSR count). The van der Waals surface area contributed by atoms with Crippen LogP contribution in [0.4, 0.5) is 0 Å². The predicted molar refractivity (Wildman–Crippen MR) is 364 cm³/mol. The van der Waals surface area contributed by atoms with Gasteiger partial charge in [-0.15, -0.1) is 11.3 Å². The van der Waals surface area contributed by atoms with Gasteiger partial charge in [-0.1, -0.05) is 212 Å². The van der Waals surface area contributed by atoms with Crippen molar-refractivity contribution < 1.29 is 4.42 Å². The summed E-state index contributed by atoms with van der Waals surface area (Å²) in [6.45, 7) is 0. The number of furan rings is 1. The fraction of sp³-hybridized carbons (Fsp3) is 0. The Balaban J connectivity index is 1.06. The van der Waals surface area contributed by atoms with Gasteiger partial charge in [0.15, 0.2) is 0 Å². The number of nitrogens with zero attached hydrogens (tertiary/aromatic N) is 6. The Kier molecular flexibility index (Phi) is 10.1. The highest BCUT2D eigenvalue weighted by Gasteiger charge is 2.35. The summed E-state index contributed by atoms with van der Waals surface area (Å²) in [4.78, 5) is 0. The van der Waals surface area contributed by atoms with E-state index in [0.29, 0.717) is 33.9 Å². The van der Waals surface area contributed by atoms with Crippen LogP contribution in [0.25, 0.3) is 174 Å². The fourth-order valence-electron chi connectivity index (χ4n) is 14.9. The molecule has 0 saturated heterocycles. The molecule has 6 aromatic heterocycles. The normalized spacial score (nSPS) is 12.1. The molecule has 0 unspecified atom stereocenters. The average Bonchev–Trinajstić information content (AvgIpc) is 1.47. The molecule has 13 aromatic carbocycles. The van der Waals surface area contributed by atoms with Crippen LogP contribution in [0.15, 0.2) is 271 Å². The summed E-state index contributed by atoms with van der Waals surface area (Å²) in [5, 5.41) is 38.8. The quantitative estimate of drug-likeness (QED) is 0.166. The van der Waals surface area contributed by atoms with Crippen molar-refractivity contribution in [2.24, 2.45) is 0 Å². The van der Waals surface area contributed by atoms with Crippen LogP contribution in [0.5, 0.6) is 0 Å². The van der Waals surface area contributed by atoms with Gasteiger partial charge in [0.25, 0.3) is 0 Å². The Morgan fingerprint density at radius 3 is 1.20 bits per heavy atom. The number of hydrogen-bond donors (Lipinski definition) is 0. The summed E-state index contributed by atoms with van der Waals surface area (Å²) < 4.78 is 18.2.